The van der Waals surface area contributed by atoms with Gasteiger partial charge in [0.25, 0.3) is 0 Å². The van der Waals surface area contributed by atoms with Crippen LogP contribution in [-0.4, -0.2) is 54.1 Å². The Morgan fingerprint density at radius 1 is 1.10 bits per heavy atom. The highest BCUT2D eigenvalue weighted by Crippen LogP contribution is 2.31. The molecule has 1 N–H and O–H groups in total. The third kappa shape index (κ3) is 4.88. The smallest absolute Gasteiger partial charge is 0.340 e. The van der Waals surface area contributed by atoms with Crippen LogP contribution in [0, 0.1) is 13.8 Å². The molecular formula is C23H31N3O3. The molecule has 156 valence electrons. The highest BCUT2D eigenvalue weighted by molar-refractivity contribution is 5.95. The molecule has 0 aliphatic carbocycles. The lowest BCUT2D eigenvalue weighted by Gasteiger charge is -2.16. The number of likely N-dealkylation sites (tertiary alicyclic amines) is 1. The molecule has 3 rings (SSSR count). The standard InChI is InChI=1S/C23H31N3O3/c1-4-29-23(28)21-17(2)22(19-10-6-5-7-11-19)26(18(21)3)16-20(27)24-12-15-25-13-8-9-14-25/h5-7,10-11H,4,8-9,12-16H2,1-3H3,(H,24,27). The predicted molar refractivity (Wildman–Crippen MR) is 114 cm³/mol. The first-order valence-corrected chi connectivity index (χ1v) is 10.4. The number of ether oxygens (including phenoxy) is 1. The number of aromatic nitrogens is 1. The number of carbonyl (C=O) groups excluding carboxylic acids is 2. The maximum Gasteiger partial charge on any atom is 0.340 e. The van der Waals surface area contributed by atoms with Crippen molar-refractivity contribution in [3.05, 3.63) is 47.2 Å². The summed E-state index contributed by atoms with van der Waals surface area (Å²) in [5, 5.41) is 3.03. The Hall–Kier alpha value is -2.60. The van der Waals surface area contributed by atoms with Gasteiger partial charge in [0, 0.05) is 18.8 Å². The lowest BCUT2D eigenvalue weighted by Crippen LogP contribution is -2.35. The van der Waals surface area contributed by atoms with Crippen molar-refractivity contribution in [1.82, 2.24) is 14.8 Å². The Morgan fingerprint density at radius 2 is 1.79 bits per heavy atom. The molecule has 1 aromatic heterocycles. The van der Waals surface area contributed by atoms with Crippen LogP contribution in [0.2, 0.25) is 0 Å². The molecule has 1 saturated heterocycles. The van der Waals surface area contributed by atoms with E-state index in [9.17, 15) is 9.59 Å². The van der Waals surface area contributed by atoms with E-state index in [1.165, 1.54) is 12.8 Å². The van der Waals surface area contributed by atoms with E-state index in [-0.39, 0.29) is 18.4 Å². The van der Waals surface area contributed by atoms with Gasteiger partial charge in [0.2, 0.25) is 5.91 Å². The van der Waals surface area contributed by atoms with Gasteiger partial charge in [0.05, 0.1) is 17.9 Å². The molecule has 0 atom stereocenters. The number of carbonyl (C=O) groups is 2. The van der Waals surface area contributed by atoms with E-state index in [4.69, 9.17) is 4.74 Å². The number of hydrogen-bond donors (Lipinski definition) is 1. The van der Waals surface area contributed by atoms with Gasteiger partial charge in [0.15, 0.2) is 0 Å². The second kappa shape index (κ2) is 9.74. The van der Waals surface area contributed by atoms with Crippen molar-refractivity contribution >= 4 is 11.9 Å². The minimum absolute atomic E-state index is 0.0464. The number of benzene rings is 1. The lowest BCUT2D eigenvalue weighted by atomic mass is 10.1. The van der Waals surface area contributed by atoms with Crippen LogP contribution in [0.4, 0.5) is 0 Å². The quantitative estimate of drug-likeness (QED) is 0.695. The summed E-state index contributed by atoms with van der Waals surface area (Å²) in [6, 6.07) is 9.87. The number of nitrogens with one attached hydrogen (secondary N) is 1. The van der Waals surface area contributed by atoms with Gasteiger partial charge in [-0.05, 0) is 57.8 Å². The molecule has 29 heavy (non-hydrogen) atoms. The molecule has 0 saturated carbocycles. The zero-order chi connectivity index (χ0) is 20.8. The molecule has 6 nitrogen and oxygen atoms in total. The first-order chi connectivity index (χ1) is 14.0. The van der Waals surface area contributed by atoms with Gasteiger partial charge in [-0.25, -0.2) is 4.79 Å². The number of amides is 1. The fourth-order valence-corrected chi connectivity index (χ4v) is 4.12. The minimum Gasteiger partial charge on any atom is -0.462 e. The van der Waals surface area contributed by atoms with Gasteiger partial charge in [-0.2, -0.15) is 0 Å². The molecule has 0 unspecified atom stereocenters. The number of nitrogens with zero attached hydrogens (tertiary/aromatic N) is 2. The maximum atomic E-state index is 12.7. The molecule has 1 aliphatic rings. The van der Waals surface area contributed by atoms with Gasteiger partial charge < -0.3 is 19.5 Å². The summed E-state index contributed by atoms with van der Waals surface area (Å²) in [6.45, 7) is 9.85. The molecule has 1 fully saturated rings. The SMILES string of the molecule is CCOC(=O)c1c(C)c(-c2ccccc2)n(CC(=O)NCCN2CCCC2)c1C. The molecule has 2 heterocycles. The van der Waals surface area contributed by atoms with E-state index in [0.717, 1.165) is 42.1 Å². The first kappa shape index (κ1) is 21.1. The average Bonchev–Trinajstić information content (AvgIpc) is 3.29. The Balaban J connectivity index is 1.82. The topological polar surface area (TPSA) is 63.6 Å². The van der Waals surface area contributed by atoms with E-state index in [0.29, 0.717) is 18.7 Å². The van der Waals surface area contributed by atoms with Crippen molar-refractivity contribution in [3.63, 3.8) is 0 Å². The average molecular weight is 398 g/mol. The molecule has 2 aromatic rings. The first-order valence-electron chi connectivity index (χ1n) is 10.4. The predicted octanol–water partition coefficient (Wildman–Crippen LogP) is 3.16. The third-order valence-electron chi connectivity index (χ3n) is 5.54. The van der Waals surface area contributed by atoms with Crippen molar-refractivity contribution in [3.8, 4) is 11.3 Å². The van der Waals surface area contributed by atoms with E-state index in [1.807, 2.05) is 48.7 Å². The van der Waals surface area contributed by atoms with E-state index < -0.39 is 0 Å². The fraction of sp³-hybridized carbons (Fsp3) is 0.478. The number of esters is 1. The molecule has 6 heteroatoms. The Morgan fingerprint density at radius 3 is 2.45 bits per heavy atom. The summed E-state index contributed by atoms with van der Waals surface area (Å²) in [4.78, 5) is 27.6. The van der Waals surface area contributed by atoms with E-state index >= 15 is 0 Å². The van der Waals surface area contributed by atoms with Crippen LogP contribution in [0.5, 0.6) is 0 Å². The summed E-state index contributed by atoms with van der Waals surface area (Å²) in [7, 11) is 0. The van der Waals surface area contributed by atoms with Crippen molar-refractivity contribution in [2.75, 3.05) is 32.8 Å². The summed E-state index contributed by atoms with van der Waals surface area (Å²) in [5.74, 6) is -0.386. The van der Waals surface area contributed by atoms with Gasteiger partial charge in [-0.1, -0.05) is 30.3 Å². The second-order valence-electron chi connectivity index (χ2n) is 7.51. The molecule has 0 radical (unpaired) electrons. The van der Waals surface area contributed by atoms with Crippen molar-refractivity contribution in [2.24, 2.45) is 0 Å². The van der Waals surface area contributed by atoms with Crippen LogP contribution < -0.4 is 5.32 Å². The maximum absolute atomic E-state index is 12.7. The third-order valence-corrected chi connectivity index (χ3v) is 5.54. The van der Waals surface area contributed by atoms with Gasteiger partial charge in [-0.3, -0.25) is 4.79 Å². The van der Waals surface area contributed by atoms with Crippen molar-refractivity contribution in [2.45, 2.75) is 40.2 Å². The monoisotopic (exact) mass is 397 g/mol. The highest BCUT2D eigenvalue weighted by atomic mass is 16.5. The Kier molecular flexibility index (Phi) is 7.09. The van der Waals surface area contributed by atoms with Crippen LogP contribution in [-0.2, 0) is 16.1 Å². The molecule has 1 aliphatic heterocycles. The lowest BCUT2D eigenvalue weighted by molar-refractivity contribution is -0.121. The number of rotatable bonds is 8. The summed E-state index contributed by atoms with van der Waals surface area (Å²) in [6.07, 6.45) is 2.49. The van der Waals surface area contributed by atoms with Crippen molar-refractivity contribution < 1.29 is 14.3 Å². The van der Waals surface area contributed by atoms with Crippen LogP contribution in [0.3, 0.4) is 0 Å². The van der Waals surface area contributed by atoms with Crippen molar-refractivity contribution in [1.29, 1.82) is 0 Å². The van der Waals surface area contributed by atoms with Gasteiger partial charge >= 0.3 is 5.97 Å². The molecule has 1 aromatic carbocycles. The Labute approximate surface area is 172 Å². The molecule has 0 bridgehead atoms. The minimum atomic E-state index is -0.340. The van der Waals surface area contributed by atoms with Gasteiger partial charge in [-0.15, -0.1) is 0 Å². The zero-order valence-electron chi connectivity index (χ0n) is 17.7. The zero-order valence-corrected chi connectivity index (χ0v) is 17.7. The normalized spacial score (nSPS) is 14.2. The molecule has 0 spiro atoms. The van der Waals surface area contributed by atoms with Gasteiger partial charge in [0.1, 0.15) is 6.54 Å². The molecule has 1 amide bonds. The van der Waals surface area contributed by atoms with Crippen LogP contribution in [0.1, 0.15) is 41.4 Å². The Bertz CT molecular complexity index is 852. The summed E-state index contributed by atoms with van der Waals surface area (Å²) < 4.78 is 7.19. The second-order valence-corrected chi connectivity index (χ2v) is 7.51. The molecular weight excluding hydrogens is 366 g/mol. The highest BCUT2D eigenvalue weighted by Gasteiger charge is 2.25. The van der Waals surface area contributed by atoms with Crippen LogP contribution in [0.15, 0.2) is 30.3 Å². The van der Waals surface area contributed by atoms with Crippen LogP contribution >= 0.6 is 0 Å². The summed E-state index contributed by atoms with van der Waals surface area (Å²) >= 11 is 0. The summed E-state index contributed by atoms with van der Waals surface area (Å²) in [5.41, 5.74) is 4.02. The van der Waals surface area contributed by atoms with E-state index in [1.54, 1.807) is 6.92 Å². The van der Waals surface area contributed by atoms with E-state index in [2.05, 4.69) is 10.2 Å². The fourth-order valence-electron chi connectivity index (χ4n) is 4.12. The number of hydrogen-bond acceptors (Lipinski definition) is 4. The van der Waals surface area contributed by atoms with Crippen LogP contribution in [0.25, 0.3) is 11.3 Å². The largest absolute Gasteiger partial charge is 0.462 e.